The number of amides is 3. The third-order valence-corrected chi connectivity index (χ3v) is 4.41. The standard InChI is InChI=1S/C17H15F3N4O2/c1-10(13-9-21-7-8-22-13)24-14(25)16(2,23-15(24)26)11-3-5-12(6-4-11)17(18,19)20/h3-10H,1-2H3,(H,23,26)/t10-,16?/m1/s1. The Labute approximate surface area is 147 Å². The lowest BCUT2D eigenvalue weighted by Crippen LogP contribution is -2.41. The molecule has 1 N–H and O–H groups in total. The lowest BCUT2D eigenvalue weighted by atomic mass is 9.91. The van der Waals surface area contributed by atoms with E-state index in [2.05, 4.69) is 15.3 Å². The Morgan fingerprint density at radius 2 is 1.81 bits per heavy atom. The average molecular weight is 364 g/mol. The zero-order chi connectivity index (χ0) is 19.1. The van der Waals surface area contributed by atoms with Gasteiger partial charge in [0.1, 0.15) is 5.54 Å². The molecule has 26 heavy (non-hydrogen) atoms. The van der Waals surface area contributed by atoms with E-state index in [4.69, 9.17) is 0 Å². The summed E-state index contributed by atoms with van der Waals surface area (Å²) in [7, 11) is 0. The van der Waals surface area contributed by atoms with Gasteiger partial charge in [0.15, 0.2) is 0 Å². The Kier molecular flexibility index (Phi) is 4.17. The number of urea groups is 1. The van der Waals surface area contributed by atoms with Crippen LogP contribution in [0.25, 0.3) is 0 Å². The van der Waals surface area contributed by atoms with Crippen LogP contribution in [0.15, 0.2) is 42.9 Å². The van der Waals surface area contributed by atoms with Gasteiger partial charge in [-0.25, -0.2) is 4.79 Å². The Bertz CT molecular complexity index is 839. The van der Waals surface area contributed by atoms with Crippen LogP contribution in [-0.2, 0) is 16.5 Å². The molecule has 1 aliphatic heterocycles. The summed E-state index contributed by atoms with van der Waals surface area (Å²) >= 11 is 0. The third kappa shape index (κ3) is 2.89. The molecule has 1 aromatic carbocycles. The summed E-state index contributed by atoms with van der Waals surface area (Å²) in [5.41, 5.74) is -1.60. The number of halogens is 3. The van der Waals surface area contributed by atoms with Gasteiger partial charge in [0.05, 0.1) is 23.5 Å². The van der Waals surface area contributed by atoms with E-state index < -0.39 is 35.3 Å². The minimum Gasteiger partial charge on any atom is -0.319 e. The maximum absolute atomic E-state index is 12.9. The molecule has 136 valence electrons. The first-order chi connectivity index (χ1) is 12.1. The molecule has 2 aromatic rings. The first kappa shape index (κ1) is 17.8. The molecule has 0 spiro atoms. The fraction of sp³-hybridized carbons (Fsp3) is 0.294. The summed E-state index contributed by atoms with van der Waals surface area (Å²) in [6.45, 7) is 3.08. The molecule has 2 heterocycles. The molecule has 3 amide bonds. The highest BCUT2D eigenvalue weighted by Gasteiger charge is 2.51. The van der Waals surface area contributed by atoms with Crippen molar-refractivity contribution in [1.82, 2.24) is 20.2 Å². The number of carbonyl (C=O) groups excluding carboxylic acids is 2. The molecule has 1 aliphatic rings. The van der Waals surface area contributed by atoms with E-state index in [1.165, 1.54) is 37.6 Å². The topological polar surface area (TPSA) is 75.2 Å². The van der Waals surface area contributed by atoms with Crippen LogP contribution in [0.1, 0.15) is 36.7 Å². The van der Waals surface area contributed by atoms with E-state index in [9.17, 15) is 22.8 Å². The second-order valence-electron chi connectivity index (χ2n) is 6.11. The Balaban J connectivity index is 1.92. The molecule has 0 saturated carbocycles. The lowest BCUT2D eigenvalue weighted by molar-refractivity contribution is -0.137. The number of carbonyl (C=O) groups is 2. The fourth-order valence-corrected chi connectivity index (χ4v) is 2.86. The van der Waals surface area contributed by atoms with Crippen molar-refractivity contribution in [2.75, 3.05) is 0 Å². The van der Waals surface area contributed by atoms with Crippen LogP contribution >= 0.6 is 0 Å². The molecule has 0 aliphatic carbocycles. The van der Waals surface area contributed by atoms with Gasteiger partial charge in [-0.3, -0.25) is 19.7 Å². The fourth-order valence-electron chi connectivity index (χ4n) is 2.86. The van der Waals surface area contributed by atoms with Crippen molar-refractivity contribution in [3.63, 3.8) is 0 Å². The van der Waals surface area contributed by atoms with Gasteiger partial charge in [0.25, 0.3) is 5.91 Å². The molecule has 0 bridgehead atoms. The molecule has 1 fully saturated rings. The summed E-state index contributed by atoms with van der Waals surface area (Å²) in [6, 6.07) is 2.83. The number of nitrogens with one attached hydrogen (secondary N) is 1. The van der Waals surface area contributed by atoms with E-state index in [0.29, 0.717) is 5.69 Å². The molecule has 9 heteroatoms. The van der Waals surface area contributed by atoms with Crippen LogP contribution in [-0.4, -0.2) is 26.8 Å². The number of rotatable bonds is 3. The van der Waals surface area contributed by atoms with Gasteiger partial charge in [0.2, 0.25) is 0 Å². The maximum atomic E-state index is 12.9. The van der Waals surface area contributed by atoms with Crippen molar-refractivity contribution in [2.45, 2.75) is 31.6 Å². The van der Waals surface area contributed by atoms with Gasteiger partial charge in [-0.1, -0.05) is 12.1 Å². The molecule has 6 nitrogen and oxygen atoms in total. The lowest BCUT2D eigenvalue weighted by Gasteiger charge is -2.25. The van der Waals surface area contributed by atoms with Gasteiger partial charge in [-0.2, -0.15) is 13.2 Å². The van der Waals surface area contributed by atoms with E-state index in [-0.39, 0.29) is 5.56 Å². The van der Waals surface area contributed by atoms with Crippen LogP contribution in [0.3, 0.4) is 0 Å². The summed E-state index contributed by atoms with van der Waals surface area (Å²) < 4.78 is 38.2. The van der Waals surface area contributed by atoms with Crippen LogP contribution in [0.4, 0.5) is 18.0 Å². The highest BCUT2D eigenvalue weighted by atomic mass is 19.4. The molecular formula is C17H15F3N4O2. The molecular weight excluding hydrogens is 349 g/mol. The van der Waals surface area contributed by atoms with Crippen molar-refractivity contribution in [1.29, 1.82) is 0 Å². The minimum absolute atomic E-state index is 0.262. The van der Waals surface area contributed by atoms with E-state index in [0.717, 1.165) is 17.0 Å². The molecule has 1 aromatic heterocycles. The molecule has 2 atom stereocenters. The highest BCUT2D eigenvalue weighted by molar-refractivity contribution is 6.07. The SMILES string of the molecule is C[C@H](c1cnccn1)N1C(=O)NC(C)(c2ccc(C(F)(F)F)cc2)C1=O. The van der Waals surface area contributed by atoms with Crippen molar-refractivity contribution >= 4 is 11.9 Å². The monoisotopic (exact) mass is 364 g/mol. The minimum atomic E-state index is -4.48. The summed E-state index contributed by atoms with van der Waals surface area (Å²) in [6.07, 6.45) is -0.123. The summed E-state index contributed by atoms with van der Waals surface area (Å²) in [5, 5.41) is 2.56. The number of hydrogen-bond acceptors (Lipinski definition) is 4. The zero-order valence-corrected chi connectivity index (χ0v) is 13.9. The van der Waals surface area contributed by atoms with E-state index in [1.807, 2.05) is 0 Å². The summed E-state index contributed by atoms with van der Waals surface area (Å²) in [4.78, 5) is 34.3. The van der Waals surface area contributed by atoms with Crippen LogP contribution in [0, 0.1) is 0 Å². The third-order valence-electron chi connectivity index (χ3n) is 4.41. The Morgan fingerprint density at radius 1 is 1.15 bits per heavy atom. The molecule has 3 rings (SSSR count). The second kappa shape index (κ2) is 6.08. The van der Waals surface area contributed by atoms with Gasteiger partial charge in [0, 0.05) is 12.4 Å². The highest BCUT2D eigenvalue weighted by Crippen LogP contribution is 2.35. The van der Waals surface area contributed by atoms with Crippen molar-refractivity contribution in [2.24, 2.45) is 0 Å². The van der Waals surface area contributed by atoms with E-state index >= 15 is 0 Å². The van der Waals surface area contributed by atoms with Crippen molar-refractivity contribution in [3.8, 4) is 0 Å². The Morgan fingerprint density at radius 3 is 2.35 bits per heavy atom. The Hall–Kier alpha value is -2.97. The van der Waals surface area contributed by atoms with Gasteiger partial charge >= 0.3 is 12.2 Å². The first-order valence-corrected chi connectivity index (χ1v) is 7.74. The number of aromatic nitrogens is 2. The first-order valence-electron chi connectivity index (χ1n) is 7.74. The number of alkyl halides is 3. The molecule has 0 radical (unpaired) electrons. The number of nitrogens with zero attached hydrogens (tertiary/aromatic N) is 3. The second-order valence-corrected chi connectivity index (χ2v) is 6.11. The van der Waals surface area contributed by atoms with E-state index in [1.54, 1.807) is 6.92 Å². The maximum Gasteiger partial charge on any atom is 0.416 e. The van der Waals surface area contributed by atoms with Crippen molar-refractivity contribution in [3.05, 3.63) is 59.7 Å². The molecule has 1 saturated heterocycles. The average Bonchev–Trinajstić information content (AvgIpc) is 2.84. The zero-order valence-electron chi connectivity index (χ0n) is 13.9. The summed E-state index contributed by atoms with van der Waals surface area (Å²) in [5.74, 6) is -0.569. The van der Waals surface area contributed by atoms with Gasteiger partial charge < -0.3 is 5.32 Å². The number of hydrogen-bond donors (Lipinski definition) is 1. The van der Waals surface area contributed by atoms with Crippen molar-refractivity contribution < 1.29 is 22.8 Å². The normalized spacial score (nSPS) is 21.7. The van der Waals surface area contributed by atoms with Gasteiger partial charge in [-0.15, -0.1) is 0 Å². The smallest absolute Gasteiger partial charge is 0.319 e. The predicted molar refractivity (Wildman–Crippen MR) is 84.6 cm³/mol. The predicted octanol–water partition coefficient (Wildman–Crippen LogP) is 3.02. The number of imide groups is 1. The van der Waals surface area contributed by atoms with Gasteiger partial charge in [-0.05, 0) is 31.5 Å². The largest absolute Gasteiger partial charge is 0.416 e. The van der Waals surface area contributed by atoms with Crippen LogP contribution < -0.4 is 5.32 Å². The number of benzene rings is 1. The quantitative estimate of drug-likeness (QED) is 0.850. The van der Waals surface area contributed by atoms with Crippen LogP contribution in [0.5, 0.6) is 0 Å². The van der Waals surface area contributed by atoms with Crippen LogP contribution in [0.2, 0.25) is 0 Å². The molecule has 1 unspecified atom stereocenters.